The van der Waals surface area contributed by atoms with Crippen LogP contribution in [0.25, 0.3) is 0 Å². The summed E-state index contributed by atoms with van der Waals surface area (Å²) in [6.07, 6.45) is 2.72. The molecule has 0 aliphatic heterocycles. The molecule has 1 heterocycles. The monoisotopic (exact) mass is 454 g/mol. The molecule has 0 saturated carbocycles. The predicted octanol–water partition coefficient (Wildman–Crippen LogP) is -1.64. The van der Waals surface area contributed by atoms with Crippen molar-refractivity contribution in [2.75, 3.05) is 0 Å². The summed E-state index contributed by atoms with van der Waals surface area (Å²) in [6.45, 7) is 4.74. The fourth-order valence-corrected chi connectivity index (χ4v) is 2.73. The van der Waals surface area contributed by atoms with Gasteiger partial charge in [0.25, 0.3) is 0 Å². The number of carbonyl (C=O) groups excluding carboxylic acids is 3. The summed E-state index contributed by atoms with van der Waals surface area (Å²) >= 11 is 0. The van der Waals surface area contributed by atoms with Crippen LogP contribution in [-0.4, -0.2) is 74.0 Å². The molecule has 1 aromatic heterocycles. The number of imidazole rings is 1. The van der Waals surface area contributed by atoms with Gasteiger partial charge >= 0.3 is 11.9 Å². The molecule has 5 unspecified atom stereocenters. The van der Waals surface area contributed by atoms with E-state index in [-0.39, 0.29) is 12.3 Å². The number of carbonyl (C=O) groups is 5. The molecule has 0 spiro atoms. The largest absolute Gasteiger partial charge is 0.481 e. The number of amides is 3. The van der Waals surface area contributed by atoms with Crippen molar-refractivity contribution in [3.8, 4) is 0 Å². The Morgan fingerprint density at radius 3 is 2.22 bits per heavy atom. The van der Waals surface area contributed by atoms with Crippen LogP contribution in [-0.2, 0) is 30.4 Å². The maximum atomic E-state index is 12.5. The van der Waals surface area contributed by atoms with Crippen LogP contribution in [0.2, 0.25) is 0 Å². The second kappa shape index (κ2) is 12.4. The van der Waals surface area contributed by atoms with E-state index in [1.54, 1.807) is 13.8 Å². The van der Waals surface area contributed by atoms with E-state index in [9.17, 15) is 29.1 Å². The molecule has 0 fully saturated rings. The van der Waals surface area contributed by atoms with Crippen molar-refractivity contribution in [2.45, 2.75) is 64.2 Å². The molecule has 3 amide bonds. The molecule has 178 valence electrons. The smallest absolute Gasteiger partial charge is 0.326 e. The lowest BCUT2D eigenvalue weighted by Crippen LogP contribution is -2.57. The highest BCUT2D eigenvalue weighted by molar-refractivity contribution is 5.95. The normalized spacial score (nSPS) is 15.5. The van der Waals surface area contributed by atoms with E-state index in [0.717, 1.165) is 0 Å². The molecular formula is C19H30N6O7. The van der Waals surface area contributed by atoms with E-state index in [0.29, 0.717) is 12.1 Å². The van der Waals surface area contributed by atoms with Crippen LogP contribution in [0.4, 0.5) is 0 Å². The quantitative estimate of drug-likeness (QED) is 0.181. The van der Waals surface area contributed by atoms with Crippen molar-refractivity contribution in [1.82, 2.24) is 25.9 Å². The van der Waals surface area contributed by atoms with Crippen LogP contribution >= 0.6 is 0 Å². The lowest BCUT2D eigenvalue weighted by Gasteiger charge is -2.24. The number of hydrogen-bond donors (Lipinski definition) is 7. The summed E-state index contributed by atoms with van der Waals surface area (Å²) in [5.41, 5.74) is 6.38. The predicted molar refractivity (Wildman–Crippen MR) is 111 cm³/mol. The van der Waals surface area contributed by atoms with E-state index >= 15 is 0 Å². The molecule has 0 aliphatic rings. The van der Waals surface area contributed by atoms with Gasteiger partial charge in [-0.25, -0.2) is 9.78 Å². The number of carboxylic acids is 2. The third-order valence-electron chi connectivity index (χ3n) is 4.87. The first-order valence-electron chi connectivity index (χ1n) is 10.0. The van der Waals surface area contributed by atoms with Gasteiger partial charge in [0.05, 0.1) is 18.8 Å². The zero-order valence-corrected chi connectivity index (χ0v) is 18.1. The topological polar surface area (TPSA) is 217 Å². The summed E-state index contributed by atoms with van der Waals surface area (Å²) in [7, 11) is 0. The number of carboxylic acid groups (broad SMARTS) is 2. The average Bonchev–Trinajstić information content (AvgIpc) is 3.22. The van der Waals surface area contributed by atoms with Gasteiger partial charge in [0.15, 0.2) is 0 Å². The SMILES string of the molecule is CCC(C)C(NC(=O)C(C)NC(=O)C(CC(=O)O)NC(=O)C(N)Cc1cnc[nH]1)C(=O)O. The molecule has 1 aromatic rings. The molecule has 1 rings (SSSR count). The van der Waals surface area contributed by atoms with E-state index in [1.807, 2.05) is 0 Å². The maximum absolute atomic E-state index is 12.5. The molecule has 5 atom stereocenters. The van der Waals surface area contributed by atoms with Gasteiger partial charge in [0.1, 0.15) is 18.1 Å². The van der Waals surface area contributed by atoms with Crippen molar-refractivity contribution < 1.29 is 34.2 Å². The third-order valence-corrected chi connectivity index (χ3v) is 4.87. The van der Waals surface area contributed by atoms with E-state index in [4.69, 9.17) is 10.8 Å². The maximum Gasteiger partial charge on any atom is 0.326 e. The van der Waals surface area contributed by atoms with Crippen LogP contribution < -0.4 is 21.7 Å². The lowest BCUT2D eigenvalue weighted by molar-refractivity contribution is -0.144. The zero-order chi connectivity index (χ0) is 24.4. The Morgan fingerprint density at radius 1 is 1.06 bits per heavy atom. The van der Waals surface area contributed by atoms with Crippen LogP contribution in [0.5, 0.6) is 0 Å². The Hall–Kier alpha value is -3.48. The van der Waals surface area contributed by atoms with Gasteiger partial charge in [-0.1, -0.05) is 20.3 Å². The summed E-state index contributed by atoms with van der Waals surface area (Å²) in [5, 5.41) is 25.3. The average molecular weight is 454 g/mol. The van der Waals surface area contributed by atoms with Gasteiger partial charge in [-0.05, 0) is 12.8 Å². The Labute approximate surface area is 184 Å². The van der Waals surface area contributed by atoms with Crippen molar-refractivity contribution in [2.24, 2.45) is 11.7 Å². The van der Waals surface area contributed by atoms with E-state index in [1.165, 1.54) is 19.4 Å². The number of nitrogens with zero attached hydrogens (tertiary/aromatic N) is 1. The third kappa shape index (κ3) is 8.34. The molecular weight excluding hydrogens is 424 g/mol. The van der Waals surface area contributed by atoms with Gasteiger partial charge in [0, 0.05) is 18.3 Å². The second-order valence-electron chi connectivity index (χ2n) is 7.49. The van der Waals surface area contributed by atoms with Crippen LogP contribution in [0, 0.1) is 5.92 Å². The minimum Gasteiger partial charge on any atom is -0.481 e. The number of nitrogens with one attached hydrogen (secondary N) is 4. The number of H-pyrrole nitrogens is 1. The fourth-order valence-electron chi connectivity index (χ4n) is 2.73. The van der Waals surface area contributed by atoms with E-state index < -0.39 is 60.2 Å². The Balaban J connectivity index is 2.77. The number of aliphatic carboxylic acids is 2. The van der Waals surface area contributed by atoms with Crippen molar-refractivity contribution in [3.05, 3.63) is 18.2 Å². The molecule has 0 saturated heterocycles. The standard InChI is InChI=1S/C19H30N6O7/c1-4-9(2)15(19(31)32)25-16(28)10(3)23-18(30)13(6-14(26)27)24-17(29)12(20)5-11-7-21-8-22-11/h7-10,12-13,15H,4-6,20H2,1-3H3,(H,21,22)(H,23,30)(H,24,29)(H,25,28)(H,26,27)(H,31,32). The molecule has 0 aliphatic carbocycles. The molecule has 13 heteroatoms. The molecule has 13 nitrogen and oxygen atoms in total. The lowest BCUT2D eigenvalue weighted by atomic mass is 9.99. The summed E-state index contributed by atoms with van der Waals surface area (Å²) in [6, 6.07) is -4.90. The van der Waals surface area contributed by atoms with Crippen LogP contribution in [0.1, 0.15) is 39.3 Å². The Bertz CT molecular complexity index is 813. The van der Waals surface area contributed by atoms with Crippen LogP contribution in [0.3, 0.4) is 0 Å². The number of aromatic nitrogens is 2. The molecule has 8 N–H and O–H groups in total. The minimum absolute atomic E-state index is 0.0816. The zero-order valence-electron chi connectivity index (χ0n) is 18.1. The first-order chi connectivity index (χ1) is 15.0. The molecule has 32 heavy (non-hydrogen) atoms. The first kappa shape index (κ1) is 26.6. The highest BCUT2D eigenvalue weighted by Gasteiger charge is 2.31. The highest BCUT2D eigenvalue weighted by atomic mass is 16.4. The van der Waals surface area contributed by atoms with Gasteiger partial charge in [-0.15, -0.1) is 0 Å². The Morgan fingerprint density at radius 2 is 1.72 bits per heavy atom. The number of nitrogens with two attached hydrogens (primary N) is 1. The second-order valence-corrected chi connectivity index (χ2v) is 7.49. The molecule has 0 bridgehead atoms. The number of aromatic amines is 1. The minimum atomic E-state index is -1.49. The van der Waals surface area contributed by atoms with Crippen molar-refractivity contribution >= 4 is 29.7 Å². The number of hydrogen-bond acceptors (Lipinski definition) is 7. The fraction of sp³-hybridized carbons (Fsp3) is 0.579. The van der Waals surface area contributed by atoms with Gasteiger partial charge in [-0.2, -0.15) is 0 Å². The van der Waals surface area contributed by atoms with Crippen molar-refractivity contribution in [1.29, 1.82) is 0 Å². The van der Waals surface area contributed by atoms with Crippen LogP contribution in [0.15, 0.2) is 12.5 Å². The first-order valence-corrected chi connectivity index (χ1v) is 10.0. The van der Waals surface area contributed by atoms with Gasteiger partial charge in [0.2, 0.25) is 17.7 Å². The summed E-state index contributed by atoms with van der Waals surface area (Å²) in [4.78, 5) is 66.3. The molecule has 0 aromatic carbocycles. The van der Waals surface area contributed by atoms with E-state index in [2.05, 4.69) is 25.9 Å². The highest BCUT2D eigenvalue weighted by Crippen LogP contribution is 2.08. The molecule has 0 radical (unpaired) electrons. The summed E-state index contributed by atoms with van der Waals surface area (Å²) < 4.78 is 0. The summed E-state index contributed by atoms with van der Waals surface area (Å²) in [5.74, 6) is -5.37. The number of rotatable bonds is 13. The Kier molecular flexibility index (Phi) is 10.3. The van der Waals surface area contributed by atoms with Crippen molar-refractivity contribution in [3.63, 3.8) is 0 Å². The van der Waals surface area contributed by atoms with Gasteiger partial charge in [-0.3, -0.25) is 19.2 Å². The van der Waals surface area contributed by atoms with Gasteiger partial charge < -0.3 is 36.9 Å².